The van der Waals surface area contributed by atoms with Crippen LogP contribution in [-0.4, -0.2) is 38.7 Å². The van der Waals surface area contributed by atoms with Crippen molar-refractivity contribution in [3.05, 3.63) is 47.5 Å². The Bertz CT molecular complexity index is 683. The zero-order valence-corrected chi connectivity index (χ0v) is 16.0. The van der Waals surface area contributed by atoms with Gasteiger partial charge in [-0.3, -0.25) is 0 Å². The maximum atomic E-state index is 6.24. The van der Waals surface area contributed by atoms with E-state index in [1.165, 1.54) is 21.2 Å². The fraction of sp³-hybridized carbons (Fsp3) is 0.333. The lowest BCUT2D eigenvalue weighted by atomic mass is 10.2. The first-order valence-corrected chi connectivity index (χ1v) is 8.78. The van der Waals surface area contributed by atoms with Crippen molar-refractivity contribution in [2.45, 2.75) is 16.2 Å². The normalized spacial score (nSPS) is 13.1. The molecule has 23 heavy (non-hydrogen) atoms. The summed E-state index contributed by atoms with van der Waals surface area (Å²) < 4.78 is 0.993. The minimum absolute atomic E-state index is 0. The zero-order chi connectivity index (χ0) is 15.7. The summed E-state index contributed by atoms with van der Waals surface area (Å²) in [4.78, 5) is 5.03. The third kappa shape index (κ3) is 4.36. The van der Waals surface area contributed by atoms with Crippen molar-refractivity contribution in [3.63, 3.8) is 0 Å². The summed E-state index contributed by atoms with van der Waals surface area (Å²) in [7, 11) is 6.72. The summed E-state index contributed by atoms with van der Waals surface area (Å²) >= 11 is 8.07. The lowest BCUT2D eigenvalue weighted by molar-refractivity contribution is -0.870. The largest absolute Gasteiger partial charge is 1.00 e. The van der Waals surface area contributed by atoms with Crippen molar-refractivity contribution in [2.24, 2.45) is 0 Å². The lowest BCUT2D eigenvalue weighted by Gasteiger charge is -2.34. The molecule has 124 valence electrons. The van der Waals surface area contributed by atoms with Crippen LogP contribution >= 0.6 is 23.4 Å². The lowest BCUT2D eigenvalue weighted by Crippen LogP contribution is -3.00. The minimum Gasteiger partial charge on any atom is -1.00 e. The topological polar surface area (TPSA) is 3.24 Å². The molecule has 0 fully saturated rings. The fourth-order valence-electron chi connectivity index (χ4n) is 2.75. The molecule has 2 nitrogen and oxygen atoms in total. The van der Waals surface area contributed by atoms with Gasteiger partial charge in [0.15, 0.2) is 0 Å². The van der Waals surface area contributed by atoms with Crippen LogP contribution in [0.2, 0.25) is 5.02 Å². The average Bonchev–Trinajstić information content (AvgIpc) is 2.46. The van der Waals surface area contributed by atoms with Gasteiger partial charge in [-0.25, -0.2) is 0 Å². The summed E-state index contributed by atoms with van der Waals surface area (Å²) in [6.45, 7) is 2.17. The molecule has 2 aromatic carbocycles. The zero-order valence-electron chi connectivity index (χ0n) is 13.7. The molecule has 0 saturated heterocycles. The van der Waals surface area contributed by atoms with Crippen LogP contribution in [0.25, 0.3) is 0 Å². The third-order valence-electron chi connectivity index (χ3n) is 3.80. The average molecular weight is 369 g/mol. The Morgan fingerprint density at radius 1 is 1.00 bits per heavy atom. The van der Waals surface area contributed by atoms with Crippen molar-refractivity contribution in [2.75, 3.05) is 39.1 Å². The second-order valence-corrected chi connectivity index (χ2v) is 8.22. The highest BCUT2D eigenvalue weighted by molar-refractivity contribution is 7.99. The Morgan fingerprint density at radius 2 is 1.70 bits per heavy atom. The van der Waals surface area contributed by atoms with Gasteiger partial charge < -0.3 is 21.8 Å². The number of benzene rings is 2. The maximum Gasteiger partial charge on any atom is 0.0797 e. The molecule has 0 atom stereocenters. The fourth-order valence-corrected chi connectivity index (χ4v) is 3.99. The Labute approximate surface area is 154 Å². The molecule has 1 heterocycles. The van der Waals surface area contributed by atoms with Crippen molar-refractivity contribution < 1.29 is 16.9 Å². The highest BCUT2D eigenvalue weighted by Crippen LogP contribution is 2.48. The van der Waals surface area contributed by atoms with Gasteiger partial charge in [-0.15, -0.1) is 0 Å². The summed E-state index contributed by atoms with van der Waals surface area (Å²) in [6.07, 6.45) is 1.15. The van der Waals surface area contributed by atoms with E-state index >= 15 is 0 Å². The van der Waals surface area contributed by atoms with E-state index in [4.69, 9.17) is 11.6 Å². The molecule has 0 unspecified atom stereocenters. The quantitative estimate of drug-likeness (QED) is 0.759. The standard InChI is InChI=1S/C18H22ClN2S.ClH/c1-21(2,3)12-6-11-20-15-7-4-5-8-17(15)22-18-10-9-14(19)13-16(18)20;/h4-5,7-10,13H,6,11-12H2,1-3H3;1H/q+1;/p-1. The van der Waals surface area contributed by atoms with E-state index < -0.39 is 0 Å². The molecule has 0 amide bonds. The van der Waals surface area contributed by atoms with Crippen molar-refractivity contribution in [1.29, 1.82) is 0 Å². The summed E-state index contributed by atoms with van der Waals surface area (Å²) in [6, 6.07) is 14.8. The Balaban J connectivity index is 0.00000192. The number of nitrogens with zero attached hydrogens (tertiary/aromatic N) is 2. The number of quaternary nitrogens is 1. The number of anilines is 2. The van der Waals surface area contributed by atoms with Gasteiger partial charge >= 0.3 is 0 Å². The third-order valence-corrected chi connectivity index (χ3v) is 5.16. The molecule has 3 rings (SSSR count). The molecular weight excluding hydrogens is 347 g/mol. The van der Waals surface area contributed by atoms with Crippen molar-refractivity contribution >= 4 is 34.7 Å². The molecule has 1 aliphatic rings. The molecule has 5 heteroatoms. The first kappa shape index (κ1) is 18.5. The maximum absolute atomic E-state index is 6.24. The van der Waals surface area contributed by atoms with Crippen LogP contribution in [0.4, 0.5) is 11.4 Å². The van der Waals surface area contributed by atoms with Gasteiger partial charge in [-0.1, -0.05) is 35.5 Å². The molecule has 0 aliphatic carbocycles. The van der Waals surface area contributed by atoms with Crippen molar-refractivity contribution in [1.82, 2.24) is 0 Å². The van der Waals surface area contributed by atoms with Gasteiger partial charge in [0.25, 0.3) is 0 Å². The highest BCUT2D eigenvalue weighted by atomic mass is 35.5. The summed E-state index contributed by atoms with van der Waals surface area (Å²) in [5.41, 5.74) is 2.53. The van der Waals surface area contributed by atoms with E-state index in [0.717, 1.165) is 29.0 Å². The first-order chi connectivity index (χ1) is 10.4. The van der Waals surface area contributed by atoms with Crippen LogP contribution in [0.5, 0.6) is 0 Å². The van der Waals surface area contributed by atoms with Gasteiger partial charge in [0.2, 0.25) is 0 Å². The molecular formula is C18H22Cl2N2S. The van der Waals surface area contributed by atoms with Crippen molar-refractivity contribution in [3.8, 4) is 0 Å². The van der Waals surface area contributed by atoms with Crippen LogP contribution in [-0.2, 0) is 0 Å². The molecule has 1 aliphatic heterocycles. The predicted octanol–water partition coefficient (Wildman–Crippen LogP) is 2.04. The van der Waals surface area contributed by atoms with Gasteiger partial charge in [-0.05, 0) is 30.3 Å². The van der Waals surface area contributed by atoms with Gasteiger partial charge in [-0.2, -0.15) is 0 Å². The number of hydrogen-bond acceptors (Lipinski definition) is 2. The van der Waals surface area contributed by atoms with Gasteiger partial charge in [0.1, 0.15) is 0 Å². The minimum atomic E-state index is 0. The van der Waals surface area contributed by atoms with E-state index in [1.807, 2.05) is 17.8 Å². The molecule has 0 saturated carbocycles. The van der Waals surface area contributed by atoms with Crippen LogP contribution in [0.3, 0.4) is 0 Å². The second-order valence-electron chi connectivity index (χ2n) is 6.70. The number of rotatable bonds is 4. The Kier molecular flexibility index (Phi) is 5.90. The molecule has 0 spiro atoms. The van der Waals surface area contributed by atoms with Gasteiger partial charge in [0, 0.05) is 27.8 Å². The number of hydrogen-bond donors (Lipinski definition) is 0. The molecule has 0 bridgehead atoms. The van der Waals surface area contributed by atoms with E-state index in [-0.39, 0.29) is 12.4 Å². The smallest absolute Gasteiger partial charge is 0.0797 e. The van der Waals surface area contributed by atoms with Crippen LogP contribution in [0.15, 0.2) is 52.3 Å². The van der Waals surface area contributed by atoms with Crippen LogP contribution in [0.1, 0.15) is 6.42 Å². The van der Waals surface area contributed by atoms with E-state index in [1.54, 1.807) is 0 Å². The number of para-hydroxylation sites is 1. The molecule has 0 N–H and O–H groups in total. The van der Waals surface area contributed by atoms with Crippen LogP contribution in [0, 0.1) is 0 Å². The second kappa shape index (κ2) is 7.35. The van der Waals surface area contributed by atoms with Gasteiger partial charge in [0.05, 0.1) is 39.1 Å². The molecule has 0 radical (unpaired) electrons. The number of fused-ring (bicyclic) bond motifs is 2. The van der Waals surface area contributed by atoms with E-state index in [9.17, 15) is 0 Å². The molecule has 0 aromatic heterocycles. The monoisotopic (exact) mass is 368 g/mol. The predicted molar refractivity (Wildman–Crippen MR) is 96.5 cm³/mol. The number of halogens is 2. The molecule has 2 aromatic rings. The Hall–Kier alpha value is -0.870. The SMILES string of the molecule is C[N+](C)(C)CCCN1c2ccccc2Sc2ccc(Cl)cc21.[Cl-]. The summed E-state index contributed by atoms with van der Waals surface area (Å²) in [5, 5.41) is 0.801. The highest BCUT2D eigenvalue weighted by Gasteiger charge is 2.23. The first-order valence-electron chi connectivity index (χ1n) is 7.58. The van der Waals surface area contributed by atoms with Crippen LogP contribution < -0.4 is 17.3 Å². The van der Waals surface area contributed by atoms with E-state index in [2.05, 4.69) is 62.4 Å². The Morgan fingerprint density at radius 3 is 2.43 bits per heavy atom. The summed E-state index contributed by atoms with van der Waals surface area (Å²) in [5.74, 6) is 0. The van der Waals surface area contributed by atoms with E-state index in [0.29, 0.717) is 0 Å².